The van der Waals surface area contributed by atoms with Crippen LogP contribution in [0.3, 0.4) is 0 Å². The predicted molar refractivity (Wildman–Crippen MR) is 56.6 cm³/mol. The van der Waals surface area contributed by atoms with Gasteiger partial charge in [0, 0.05) is 19.6 Å². The highest BCUT2D eigenvalue weighted by Crippen LogP contribution is 1.89. The third kappa shape index (κ3) is 7.82. The molecule has 0 spiro atoms. The average molecular weight is 203 g/mol. The molecule has 4 N–H and O–H groups in total. The van der Waals surface area contributed by atoms with Crippen molar-refractivity contribution >= 4 is 5.84 Å². The van der Waals surface area contributed by atoms with Crippen LogP contribution in [0.25, 0.3) is 0 Å². The van der Waals surface area contributed by atoms with Gasteiger partial charge in [0.1, 0.15) is 5.84 Å². The fraction of sp³-hybridized carbons (Fsp3) is 0.889. The van der Waals surface area contributed by atoms with Gasteiger partial charge in [-0.3, -0.25) is 0 Å². The van der Waals surface area contributed by atoms with Crippen molar-refractivity contribution < 1.29 is 9.94 Å². The topological polar surface area (TPSA) is 79.9 Å². The second-order valence-corrected chi connectivity index (χ2v) is 3.16. The molecule has 14 heavy (non-hydrogen) atoms. The molecule has 0 aromatic heterocycles. The van der Waals surface area contributed by atoms with Crippen molar-refractivity contribution in [2.24, 2.45) is 10.9 Å². The van der Waals surface area contributed by atoms with Crippen LogP contribution in [-0.2, 0) is 4.74 Å². The van der Waals surface area contributed by atoms with Crippen LogP contribution in [0.2, 0.25) is 0 Å². The third-order valence-electron chi connectivity index (χ3n) is 1.80. The van der Waals surface area contributed by atoms with E-state index in [2.05, 4.69) is 10.5 Å². The van der Waals surface area contributed by atoms with E-state index in [1.165, 1.54) is 0 Å². The first-order valence-electron chi connectivity index (χ1n) is 4.99. The molecular weight excluding hydrogens is 182 g/mol. The first kappa shape index (κ1) is 13.2. The SMILES string of the molecule is CCOC(C)CNCCCC(N)=NO. The smallest absolute Gasteiger partial charge is 0.139 e. The molecule has 0 radical (unpaired) electrons. The molecule has 0 aromatic carbocycles. The lowest BCUT2D eigenvalue weighted by Crippen LogP contribution is -2.28. The van der Waals surface area contributed by atoms with Crippen LogP contribution < -0.4 is 11.1 Å². The van der Waals surface area contributed by atoms with Gasteiger partial charge in [0.15, 0.2) is 0 Å². The molecule has 0 rings (SSSR count). The first-order valence-corrected chi connectivity index (χ1v) is 4.99. The van der Waals surface area contributed by atoms with Crippen molar-refractivity contribution in [1.82, 2.24) is 5.32 Å². The molecule has 84 valence electrons. The maximum absolute atomic E-state index is 8.27. The summed E-state index contributed by atoms with van der Waals surface area (Å²) in [7, 11) is 0. The summed E-state index contributed by atoms with van der Waals surface area (Å²) in [5, 5.41) is 14.4. The lowest BCUT2D eigenvalue weighted by Gasteiger charge is -2.12. The van der Waals surface area contributed by atoms with E-state index >= 15 is 0 Å². The Bertz CT molecular complexity index is 162. The molecule has 0 aliphatic carbocycles. The minimum Gasteiger partial charge on any atom is -0.409 e. The molecule has 0 aliphatic rings. The van der Waals surface area contributed by atoms with E-state index in [0.29, 0.717) is 6.42 Å². The highest BCUT2D eigenvalue weighted by molar-refractivity contribution is 5.79. The average Bonchev–Trinajstić information content (AvgIpc) is 2.17. The van der Waals surface area contributed by atoms with E-state index in [4.69, 9.17) is 15.7 Å². The summed E-state index contributed by atoms with van der Waals surface area (Å²) in [6.45, 7) is 6.44. The molecular formula is C9H21N3O2. The van der Waals surface area contributed by atoms with E-state index in [0.717, 1.165) is 26.1 Å². The number of hydrogen-bond acceptors (Lipinski definition) is 4. The largest absolute Gasteiger partial charge is 0.409 e. The standard InChI is InChI=1S/C9H21N3O2/c1-3-14-8(2)7-11-6-4-5-9(10)12-13/h8,11,13H,3-7H2,1-2H3,(H2,10,12). The van der Waals surface area contributed by atoms with E-state index in [-0.39, 0.29) is 11.9 Å². The molecule has 0 fully saturated rings. The lowest BCUT2D eigenvalue weighted by atomic mass is 10.3. The van der Waals surface area contributed by atoms with Crippen molar-refractivity contribution in [3.63, 3.8) is 0 Å². The summed E-state index contributed by atoms with van der Waals surface area (Å²) < 4.78 is 5.34. The maximum atomic E-state index is 8.27. The fourth-order valence-corrected chi connectivity index (χ4v) is 1.09. The van der Waals surface area contributed by atoms with E-state index < -0.39 is 0 Å². The molecule has 5 heteroatoms. The van der Waals surface area contributed by atoms with E-state index in [1.54, 1.807) is 0 Å². The fourth-order valence-electron chi connectivity index (χ4n) is 1.09. The van der Waals surface area contributed by atoms with E-state index in [1.807, 2.05) is 13.8 Å². The Labute approximate surface area is 85.3 Å². The minimum absolute atomic E-state index is 0.240. The summed E-state index contributed by atoms with van der Waals surface area (Å²) >= 11 is 0. The van der Waals surface area contributed by atoms with Crippen LogP contribution in [0.15, 0.2) is 5.16 Å². The Hall–Kier alpha value is -0.810. The van der Waals surface area contributed by atoms with Crippen LogP contribution in [-0.4, -0.2) is 36.8 Å². The zero-order chi connectivity index (χ0) is 10.8. The Morgan fingerprint density at radius 1 is 1.64 bits per heavy atom. The van der Waals surface area contributed by atoms with Crippen LogP contribution in [0.1, 0.15) is 26.7 Å². The molecule has 0 bridgehead atoms. The molecule has 5 nitrogen and oxygen atoms in total. The summed E-state index contributed by atoms with van der Waals surface area (Å²) in [5.41, 5.74) is 5.31. The maximum Gasteiger partial charge on any atom is 0.139 e. The Kier molecular flexibility index (Phi) is 8.27. The first-order chi connectivity index (χ1) is 6.70. The monoisotopic (exact) mass is 203 g/mol. The van der Waals surface area contributed by atoms with Crippen LogP contribution in [0.4, 0.5) is 0 Å². The van der Waals surface area contributed by atoms with Crippen molar-refractivity contribution in [2.75, 3.05) is 19.7 Å². The van der Waals surface area contributed by atoms with Gasteiger partial charge in [0.25, 0.3) is 0 Å². The second kappa shape index (κ2) is 8.77. The molecule has 0 saturated carbocycles. The minimum atomic E-state index is 0.240. The number of amidine groups is 1. The van der Waals surface area contributed by atoms with Crippen LogP contribution in [0, 0.1) is 0 Å². The quantitative estimate of drug-likeness (QED) is 0.177. The molecule has 1 unspecified atom stereocenters. The molecule has 0 aromatic rings. The van der Waals surface area contributed by atoms with Crippen molar-refractivity contribution in [3.05, 3.63) is 0 Å². The van der Waals surface area contributed by atoms with Crippen molar-refractivity contribution in [1.29, 1.82) is 0 Å². The molecule has 0 amide bonds. The Morgan fingerprint density at radius 2 is 2.36 bits per heavy atom. The summed E-state index contributed by atoms with van der Waals surface area (Å²) in [6, 6.07) is 0. The normalized spacial score (nSPS) is 14.3. The lowest BCUT2D eigenvalue weighted by molar-refractivity contribution is 0.0763. The Balaban J connectivity index is 3.21. The van der Waals surface area contributed by atoms with Crippen molar-refractivity contribution in [2.45, 2.75) is 32.8 Å². The molecule has 0 heterocycles. The third-order valence-corrected chi connectivity index (χ3v) is 1.80. The Morgan fingerprint density at radius 3 is 2.93 bits per heavy atom. The second-order valence-electron chi connectivity index (χ2n) is 3.16. The molecule has 1 atom stereocenters. The van der Waals surface area contributed by atoms with Crippen LogP contribution in [0.5, 0.6) is 0 Å². The molecule has 0 aliphatic heterocycles. The van der Waals surface area contributed by atoms with Gasteiger partial charge in [-0.1, -0.05) is 5.16 Å². The van der Waals surface area contributed by atoms with Gasteiger partial charge in [-0.05, 0) is 26.8 Å². The number of hydrogen-bond donors (Lipinski definition) is 3. The van der Waals surface area contributed by atoms with Gasteiger partial charge < -0.3 is 21.0 Å². The highest BCUT2D eigenvalue weighted by atomic mass is 16.5. The summed E-state index contributed by atoms with van der Waals surface area (Å²) in [5.74, 6) is 0.282. The number of nitrogens with two attached hydrogens (primary N) is 1. The van der Waals surface area contributed by atoms with Gasteiger partial charge in [-0.15, -0.1) is 0 Å². The van der Waals surface area contributed by atoms with Gasteiger partial charge in [-0.2, -0.15) is 0 Å². The zero-order valence-electron chi connectivity index (χ0n) is 8.99. The highest BCUT2D eigenvalue weighted by Gasteiger charge is 1.99. The predicted octanol–water partition coefficient (Wildman–Crippen LogP) is 0.528. The summed E-state index contributed by atoms with van der Waals surface area (Å²) in [6.07, 6.45) is 1.73. The number of oxime groups is 1. The van der Waals surface area contributed by atoms with Crippen LogP contribution >= 0.6 is 0 Å². The van der Waals surface area contributed by atoms with E-state index in [9.17, 15) is 0 Å². The zero-order valence-corrected chi connectivity index (χ0v) is 8.99. The van der Waals surface area contributed by atoms with Crippen molar-refractivity contribution in [3.8, 4) is 0 Å². The number of nitrogens with one attached hydrogen (secondary N) is 1. The number of rotatable bonds is 8. The van der Waals surface area contributed by atoms with Gasteiger partial charge in [-0.25, -0.2) is 0 Å². The van der Waals surface area contributed by atoms with Gasteiger partial charge >= 0.3 is 0 Å². The number of nitrogens with zero attached hydrogens (tertiary/aromatic N) is 1. The molecule has 0 saturated heterocycles. The van der Waals surface area contributed by atoms with Gasteiger partial charge in [0.2, 0.25) is 0 Å². The summed E-state index contributed by atoms with van der Waals surface area (Å²) in [4.78, 5) is 0. The van der Waals surface area contributed by atoms with Gasteiger partial charge in [0.05, 0.1) is 6.10 Å². The number of ether oxygens (including phenoxy) is 1.